The number of rotatable bonds is 4. The number of nitrogens with zero attached hydrogens (tertiary/aromatic N) is 1. The molecule has 2 N–H and O–H groups in total. The first kappa shape index (κ1) is 14.1. The van der Waals surface area contributed by atoms with E-state index in [1.807, 2.05) is 0 Å². The van der Waals surface area contributed by atoms with Crippen LogP contribution in [0.15, 0.2) is 28.7 Å². The average Bonchev–Trinajstić information content (AvgIpc) is 2.77. The maximum absolute atomic E-state index is 11.8. The third-order valence-electron chi connectivity index (χ3n) is 2.57. The van der Waals surface area contributed by atoms with E-state index in [1.54, 1.807) is 19.1 Å². The highest BCUT2D eigenvalue weighted by molar-refractivity contribution is 6.29. The van der Waals surface area contributed by atoms with Gasteiger partial charge in [-0.1, -0.05) is 17.7 Å². The van der Waals surface area contributed by atoms with Gasteiger partial charge in [0.2, 0.25) is 0 Å². The molecule has 0 atom stereocenters. The highest BCUT2D eigenvalue weighted by atomic mass is 35.5. The van der Waals surface area contributed by atoms with Crippen molar-refractivity contribution >= 4 is 23.5 Å². The molecule has 0 unspecified atom stereocenters. The summed E-state index contributed by atoms with van der Waals surface area (Å²) in [5, 5.41) is 11.7. The molecule has 0 saturated heterocycles. The zero-order valence-corrected chi connectivity index (χ0v) is 11.3. The number of carbonyl (C=O) groups excluding carboxylic acids is 1. The lowest BCUT2D eigenvalue weighted by atomic mass is 10.2. The van der Waals surface area contributed by atoms with Gasteiger partial charge in [-0.3, -0.25) is 4.79 Å². The quantitative estimate of drug-likeness (QED) is 0.844. The third-order valence-corrected chi connectivity index (χ3v) is 2.78. The fraction of sp³-hybridized carbons (Fsp3) is 0.154. The van der Waals surface area contributed by atoms with Gasteiger partial charge in [0.1, 0.15) is 27.9 Å². The number of aromatic carboxylic acids is 1. The van der Waals surface area contributed by atoms with Gasteiger partial charge in [0, 0.05) is 0 Å². The second-order valence-electron chi connectivity index (χ2n) is 4.02. The number of halogens is 1. The van der Waals surface area contributed by atoms with Crippen LogP contribution in [0.25, 0.3) is 0 Å². The van der Waals surface area contributed by atoms with E-state index in [0.717, 1.165) is 0 Å². The number of hydrogen-bond acceptors (Lipinski definition) is 4. The van der Waals surface area contributed by atoms with E-state index < -0.39 is 11.9 Å². The molecule has 0 aliphatic carbocycles. The maximum atomic E-state index is 11.8. The van der Waals surface area contributed by atoms with E-state index in [1.165, 1.54) is 12.1 Å². The number of carboxylic acids is 1. The van der Waals surface area contributed by atoms with Crippen LogP contribution < -0.4 is 5.32 Å². The van der Waals surface area contributed by atoms with Gasteiger partial charge in [0.15, 0.2) is 0 Å². The van der Waals surface area contributed by atoms with Crippen LogP contribution in [0.5, 0.6) is 0 Å². The smallest absolute Gasteiger partial charge is 0.339 e. The zero-order chi connectivity index (χ0) is 14.7. The molecule has 2 heterocycles. The van der Waals surface area contributed by atoms with Gasteiger partial charge in [-0.2, -0.15) is 0 Å². The Kier molecular flexibility index (Phi) is 4.05. The topological polar surface area (TPSA) is 92.4 Å². The summed E-state index contributed by atoms with van der Waals surface area (Å²) in [4.78, 5) is 26.5. The lowest BCUT2D eigenvalue weighted by Crippen LogP contribution is -2.23. The molecule has 20 heavy (non-hydrogen) atoms. The SMILES string of the molecule is Cc1oc(CNC(=O)c2cccc(Cl)n2)cc1C(=O)O. The Labute approximate surface area is 119 Å². The van der Waals surface area contributed by atoms with Gasteiger partial charge in [0.05, 0.1) is 6.54 Å². The van der Waals surface area contributed by atoms with Crippen molar-refractivity contribution in [3.05, 3.63) is 52.2 Å². The monoisotopic (exact) mass is 294 g/mol. The Morgan fingerprint density at radius 3 is 2.80 bits per heavy atom. The molecule has 0 aliphatic heterocycles. The van der Waals surface area contributed by atoms with Crippen molar-refractivity contribution in [2.45, 2.75) is 13.5 Å². The Morgan fingerprint density at radius 2 is 2.20 bits per heavy atom. The van der Waals surface area contributed by atoms with Crippen molar-refractivity contribution < 1.29 is 19.1 Å². The Morgan fingerprint density at radius 1 is 1.45 bits per heavy atom. The Hall–Kier alpha value is -2.34. The summed E-state index contributed by atoms with van der Waals surface area (Å²) in [5.41, 5.74) is 0.259. The minimum Gasteiger partial charge on any atom is -0.478 e. The van der Waals surface area contributed by atoms with E-state index in [4.69, 9.17) is 21.1 Å². The second kappa shape index (κ2) is 5.75. The molecule has 2 aromatic rings. The van der Waals surface area contributed by atoms with Crippen molar-refractivity contribution in [2.24, 2.45) is 0 Å². The number of carboxylic acid groups (broad SMARTS) is 1. The van der Waals surface area contributed by atoms with Crippen LogP contribution >= 0.6 is 11.6 Å². The molecule has 1 amide bonds. The minimum absolute atomic E-state index is 0.0706. The van der Waals surface area contributed by atoms with E-state index >= 15 is 0 Å². The Balaban J connectivity index is 2.04. The van der Waals surface area contributed by atoms with Crippen LogP contribution in [0.4, 0.5) is 0 Å². The second-order valence-corrected chi connectivity index (χ2v) is 4.40. The lowest BCUT2D eigenvalue weighted by molar-refractivity contribution is 0.0694. The van der Waals surface area contributed by atoms with Crippen molar-refractivity contribution in [1.82, 2.24) is 10.3 Å². The van der Waals surface area contributed by atoms with Crippen molar-refractivity contribution in [1.29, 1.82) is 0 Å². The summed E-state index contributed by atoms with van der Waals surface area (Å²) in [6.07, 6.45) is 0. The van der Waals surface area contributed by atoms with Crippen LogP contribution in [0.3, 0.4) is 0 Å². The van der Waals surface area contributed by atoms with Crippen molar-refractivity contribution in [3.8, 4) is 0 Å². The molecule has 0 fully saturated rings. The van der Waals surface area contributed by atoms with Crippen LogP contribution in [0.1, 0.15) is 32.4 Å². The first-order valence-corrected chi connectivity index (χ1v) is 6.08. The van der Waals surface area contributed by atoms with Gasteiger partial charge in [-0.05, 0) is 25.1 Å². The molecular weight excluding hydrogens is 284 g/mol. The summed E-state index contributed by atoms with van der Waals surface area (Å²) >= 11 is 5.69. The van der Waals surface area contributed by atoms with Crippen LogP contribution in [-0.2, 0) is 6.54 Å². The number of aromatic nitrogens is 1. The summed E-state index contributed by atoms with van der Waals surface area (Å²) < 4.78 is 5.24. The van der Waals surface area contributed by atoms with E-state index in [9.17, 15) is 9.59 Å². The summed E-state index contributed by atoms with van der Waals surface area (Å²) in [5.74, 6) is -0.836. The van der Waals surface area contributed by atoms with E-state index in [2.05, 4.69) is 10.3 Å². The van der Waals surface area contributed by atoms with Crippen molar-refractivity contribution in [3.63, 3.8) is 0 Å². The molecule has 0 radical (unpaired) electrons. The number of aryl methyl sites for hydroxylation is 1. The summed E-state index contributed by atoms with van der Waals surface area (Å²) in [6, 6.07) is 6.08. The number of pyridine rings is 1. The predicted molar refractivity (Wildman–Crippen MR) is 70.8 cm³/mol. The molecule has 0 aliphatic rings. The fourth-order valence-corrected chi connectivity index (χ4v) is 1.80. The van der Waals surface area contributed by atoms with Crippen LogP contribution in [0.2, 0.25) is 5.15 Å². The first-order valence-electron chi connectivity index (χ1n) is 5.70. The van der Waals surface area contributed by atoms with Gasteiger partial charge < -0.3 is 14.8 Å². The molecule has 0 aromatic carbocycles. The van der Waals surface area contributed by atoms with Crippen LogP contribution in [0, 0.1) is 6.92 Å². The third kappa shape index (κ3) is 3.16. The standard InChI is InChI=1S/C13H11ClN2O4/c1-7-9(13(18)19)5-8(20-7)6-15-12(17)10-3-2-4-11(14)16-10/h2-5H,6H2,1H3,(H,15,17)(H,18,19). The number of amides is 1. The van der Waals surface area contributed by atoms with Gasteiger partial charge >= 0.3 is 5.97 Å². The van der Waals surface area contributed by atoms with E-state index in [-0.39, 0.29) is 23.0 Å². The number of hydrogen-bond donors (Lipinski definition) is 2. The lowest BCUT2D eigenvalue weighted by Gasteiger charge is -2.02. The summed E-state index contributed by atoms with van der Waals surface area (Å²) in [7, 11) is 0. The Bertz CT molecular complexity index is 666. The normalized spacial score (nSPS) is 10.3. The predicted octanol–water partition coefficient (Wildman–Crippen LogP) is 2.26. The van der Waals surface area contributed by atoms with Gasteiger partial charge in [0.25, 0.3) is 5.91 Å². The molecule has 2 rings (SSSR count). The molecule has 0 spiro atoms. The minimum atomic E-state index is -1.07. The average molecular weight is 295 g/mol. The van der Waals surface area contributed by atoms with Crippen molar-refractivity contribution in [2.75, 3.05) is 0 Å². The van der Waals surface area contributed by atoms with Gasteiger partial charge in [-0.25, -0.2) is 9.78 Å². The zero-order valence-electron chi connectivity index (χ0n) is 10.5. The first-order chi connectivity index (χ1) is 9.47. The molecule has 6 nitrogen and oxygen atoms in total. The molecule has 2 aromatic heterocycles. The highest BCUT2D eigenvalue weighted by Crippen LogP contribution is 2.14. The number of furan rings is 1. The molecule has 0 bridgehead atoms. The largest absolute Gasteiger partial charge is 0.478 e. The number of carbonyl (C=O) groups is 2. The van der Waals surface area contributed by atoms with Gasteiger partial charge in [-0.15, -0.1) is 0 Å². The van der Waals surface area contributed by atoms with E-state index in [0.29, 0.717) is 11.5 Å². The highest BCUT2D eigenvalue weighted by Gasteiger charge is 2.14. The number of nitrogens with one attached hydrogen (secondary N) is 1. The summed E-state index contributed by atoms with van der Waals surface area (Å²) in [6.45, 7) is 1.62. The molecule has 0 saturated carbocycles. The fourth-order valence-electron chi connectivity index (χ4n) is 1.64. The molecule has 7 heteroatoms. The maximum Gasteiger partial charge on any atom is 0.339 e. The molecular formula is C13H11ClN2O4. The molecule has 104 valence electrons. The van der Waals surface area contributed by atoms with Crippen LogP contribution in [-0.4, -0.2) is 22.0 Å².